The van der Waals surface area contributed by atoms with E-state index >= 15 is 0 Å². The van der Waals surface area contributed by atoms with E-state index in [0.29, 0.717) is 24.0 Å². The first-order chi connectivity index (χ1) is 21.7. The summed E-state index contributed by atoms with van der Waals surface area (Å²) in [6.45, 7) is 0.183. The van der Waals surface area contributed by atoms with Crippen LogP contribution >= 0.6 is 0 Å². The summed E-state index contributed by atoms with van der Waals surface area (Å²) in [6.07, 6.45) is 4.32. The molecule has 1 aromatic heterocycles. The van der Waals surface area contributed by atoms with Gasteiger partial charge in [-0.1, -0.05) is 66.7 Å². The van der Waals surface area contributed by atoms with Crippen molar-refractivity contribution < 1.29 is 27.9 Å². The number of ketones is 1. The van der Waals surface area contributed by atoms with Crippen LogP contribution in [-0.4, -0.2) is 59.1 Å². The van der Waals surface area contributed by atoms with E-state index in [4.69, 9.17) is 0 Å². The van der Waals surface area contributed by atoms with Crippen LogP contribution in [0.2, 0.25) is 0 Å². The molecule has 10 heteroatoms. The van der Waals surface area contributed by atoms with Crippen molar-refractivity contribution in [3.63, 3.8) is 0 Å². The number of rotatable bonds is 13. The normalized spacial score (nSPS) is 15.8. The number of carboxylic acids is 1. The minimum Gasteiger partial charge on any atom is -0.480 e. The number of nitrogens with one attached hydrogen (secondary N) is 1. The van der Waals surface area contributed by atoms with E-state index < -0.39 is 34.0 Å². The minimum absolute atomic E-state index is 0.00573. The van der Waals surface area contributed by atoms with Crippen molar-refractivity contribution >= 4 is 27.7 Å². The average Bonchev–Trinajstić information content (AvgIpc) is 3.57. The molecule has 232 valence electrons. The van der Waals surface area contributed by atoms with Gasteiger partial charge in [-0.05, 0) is 72.7 Å². The number of carbonyl (C=O) groups excluding carboxylic acids is 2. The molecule has 9 nitrogen and oxygen atoms in total. The molecule has 1 amide bonds. The molecule has 1 saturated heterocycles. The molecule has 1 aliphatic heterocycles. The molecular weight excluding hydrogens is 590 g/mol. The number of aliphatic carboxylic acids is 1. The number of nitrogens with zero attached hydrogens (tertiary/aromatic N) is 2. The number of aryl methyl sites for hydroxylation is 2. The van der Waals surface area contributed by atoms with Crippen LogP contribution < -0.4 is 5.32 Å². The third-order valence-electron chi connectivity index (χ3n) is 7.94. The Morgan fingerprint density at radius 2 is 1.60 bits per heavy atom. The standard InChI is InChI=1S/C35H35N3O6S/c39-33(28-9-6-8-25(22-28)18-19-29-10-4-5-20-36-29)24-27-16-14-26(15-17-27)23-31(35(41)42)37-34(40)32-13-7-21-38(32)45(43,44)30-11-2-1-3-12-30/h1-6,8-12,14-17,20,22,31-32H,7,13,18-19,21,23-24H2,(H,37,40)(H,41,42)/t31-,32-/m0/s1. The molecule has 5 rings (SSSR count). The van der Waals surface area contributed by atoms with Gasteiger partial charge in [0.1, 0.15) is 12.1 Å². The lowest BCUT2D eigenvalue weighted by atomic mass is 9.98. The Morgan fingerprint density at radius 1 is 0.867 bits per heavy atom. The van der Waals surface area contributed by atoms with Crippen LogP contribution in [0.4, 0.5) is 0 Å². The number of carboxylic acid groups (broad SMARTS) is 1. The monoisotopic (exact) mass is 625 g/mol. The van der Waals surface area contributed by atoms with Gasteiger partial charge in [0.15, 0.2) is 5.78 Å². The lowest BCUT2D eigenvalue weighted by molar-refractivity contribution is -0.142. The van der Waals surface area contributed by atoms with Crippen molar-refractivity contribution in [2.45, 2.75) is 55.5 Å². The Labute approximate surface area is 263 Å². The zero-order valence-electron chi connectivity index (χ0n) is 24.7. The van der Waals surface area contributed by atoms with Crippen molar-refractivity contribution in [1.82, 2.24) is 14.6 Å². The van der Waals surface area contributed by atoms with Gasteiger partial charge in [-0.2, -0.15) is 4.31 Å². The summed E-state index contributed by atoms with van der Waals surface area (Å²) in [7, 11) is -3.90. The molecule has 2 heterocycles. The molecule has 2 atom stereocenters. The molecule has 45 heavy (non-hydrogen) atoms. The van der Waals surface area contributed by atoms with Crippen molar-refractivity contribution in [2.75, 3.05) is 6.54 Å². The molecule has 0 saturated carbocycles. The number of benzene rings is 3. The third-order valence-corrected chi connectivity index (χ3v) is 9.87. The Balaban J connectivity index is 1.18. The third kappa shape index (κ3) is 8.09. The average molecular weight is 626 g/mol. The lowest BCUT2D eigenvalue weighted by Crippen LogP contribution is -2.51. The highest BCUT2D eigenvalue weighted by atomic mass is 32.2. The molecule has 1 aliphatic rings. The van der Waals surface area contributed by atoms with E-state index in [1.807, 2.05) is 36.4 Å². The SMILES string of the molecule is O=C(Cc1ccc(C[C@H](NC(=O)[C@@H]2CCCN2S(=O)(=O)c2ccccc2)C(=O)O)cc1)c1cccc(CCc2ccccn2)c1. The van der Waals surface area contributed by atoms with Crippen LogP contribution in [-0.2, 0) is 45.3 Å². The molecule has 4 aromatic rings. The summed E-state index contributed by atoms with van der Waals surface area (Å²) >= 11 is 0. The highest BCUT2D eigenvalue weighted by Crippen LogP contribution is 2.26. The predicted octanol–water partition coefficient (Wildman–Crippen LogP) is 4.26. The van der Waals surface area contributed by atoms with Crippen molar-refractivity contribution in [1.29, 1.82) is 0 Å². The number of hydrogen-bond donors (Lipinski definition) is 2. The van der Waals surface area contributed by atoms with E-state index in [1.165, 1.54) is 12.1 Å². The van der Waals surface area contributed by atoms with Gasteiger partial charge in [0.2, 0.25) is 15.9 Å². The zero-order valence-corrected chi connectivity index (χ0v) is 25.5. The summed E-state index contributed by atoms with van der Waals surface area (Å²) < 4.78 is 27.5. The maximum atomic E-state index is 13.2. The Kier molecular flexibility index (Phi) is 10.2. The van der Waals surface area contributed by atoms with Crippen LogP contribution in [0, 0.1) is 0 Å². The molecule has 0 radical (unpaired) electrons. The molecule has 2 N–H and O–H groups in total. The van der Waals surface area contributed by atoms with E-state index in [0.717, 1.165) is 34.0 Å². The summed E-state index contributed by atoms with van der Waals surface area (Å²) in [5, 5.41) is 12.4. The maximum absolute atomic E-state index is 13.2. The number of hydrogen-bond acceptors (Lipinski definition) is 6. The topological polar surface area (TPSA) is 134 Å². The van der Waals surface area contributed by atoms with E-state index in [9.17, 15) is 27.9 Å². The van der Waals surface area contributed by atoms with E-state index in [-0.39, 0.29) is 30.1 Å². The first-order valence-corrected chi connectivity index (χ1v) is 16.3. The number of aromatic nitrogens is 1. The second-order valence-electron chi connectivity index (χ2n) is 11.1. The first-order valence-electron chi connectivity index (χ1n) is 14.9. The number of Topliss-reactive ketones (excluding diaryl/α,β-unsaturated/α-hetero) is 1. The van der Waals surface area contributed by atoms with Crippen LogP contribution in [0.5, 0.6) is 0 Å². The highest BCUT2D eigenvalue weighted by molar-refractivity contribution is 7.89. The molecule has 0 bridgehead atoms. The van der Waals surface area contributed by atoms with Gasteiger partial charge in [0.05, 0.1) is 4.90 Å². The van der Waals surface area contributed by atoms with Crippen molar-refractivity contribution in [2.24, 2.45) is 0 Å². The van der Waals surface area contributed by atoms with Crippen LogP contribution in [0.1, 0.15) is 45.6 Å². The van der Waals surface area contributed by atoms with E-state index in [2.05, 4.69) is 10.3 Å². The van der Waals surface area contributed by atoms with Gasteiger partial charge < -0.3 is 10.4 Å². The van der Waals surface area contributed by atoms with Gasteiger partial charge in [0, 0.05) is 36.8 Å². The lowest BCUT2D eigenvalue weighted by Gasteiger charge is -2.25. The number of amides is 1. The number of sulfonamides is 1. The smallest absolute Gasteiger partial charge is 0.326 e. The summed E-state index contributed by atoms with van der Waals surface area (Å²) in [4.78, 5) is 42.7. The van der Waals surface area contributed by atoms with Crippen molar-refractivity contribution in [3.8, 4) is 0 Å². The number of pyridine rings is 1. The molecule has 0 unspecified atom stereocenters. The Morgan fingerprint density at radius 3 is 2.31 bits per heavy atom. The quantitative estimate of drug-likeness (QED) is 0.212. The van der Waals surface area contributed by atoms with Crippen LogP contribution in [0.15, 0.2) is 108 Å². The maximum Gasteiger partial charge on any atom is 0.326 e. The van der Waals surface area contributed by atoms with Gasteiger partial charge in [-0.3, -0.25) is 14.6 Å². The number of carbonyl (C=O) groups is 3. The summed E-state index contributed by atoms with van der Waals surface area (Å²) in [6, 6.07) is 26.1. The molecule has 0 aliphatic carbocycles. The first kappa shape index (κ1) is 31.7. The highest BCUT2D eigenvalue weighted by Gasteiger charge is 2.40. The molecular formula is C35H35N3O6S. The largest absolute Gasteiger partial charge is 0.480 e. The second kappa shape index (κ2) is 14.4. The van der Waals surface area contributed by atoms with Crippen LogP contribution in [0.3, 0.4) is 0 Å². The fourth-order valence-corrected chi connectivity index (χ4v) is 7.20. The summed E-state index contributed by atoms with van der Waals surface area (Å²) in [5.74, 6) is -1.88. The fraction of sp³-hybridized carbons (Fsp3) is 0.257. The predicted molar refractivity (Wildman–Crippen MR) is 169 cm³/mol. The molecule has 0 spiro atoms. The fourth-order valence-electron chi connectivity index (χ4n) is 5.52. The minimum atomic E-state index is -3.90. The summed E-state index contributed by atoms with van der Waals surface area (Å²) in [5.41, 5.74) is 4.13. The van der Waals surface area contributed by atoms with E-state index in [1.54, 1.807) is 54.7 Å². The Bertz CT molecular complexity index is 1750. The van der Waals surface area contributed by atoms with Crippen LogP contribution in [0.25, 0.3) is 0 Å². The van der Waals surface area contributed by atoms with Gasteiger partial charge in [-0.15, -0.1) is 0 Å². The van der Waals surface area contributed by atoms with Gasteiger partial charge in [-0.25, -0.2) is 13.2 Å². The Hall–Kier alpha value is -4.67. The zero-order chi connectivity index (χ0) is 31.8. The molecule has 1 fully saturated rings. The molecule has 3 aromatic carbocycles. The van der Waals surface area contributed by atoms with Crippen molar-refractivity contribution in [3.05, 3.63) is 131 Å². The van der Waals surface area contributed by atoms with Gasteiger partial charge in [0.25, 0.3) is 0 Å². The van der Waals surface area contributed by atoms with Gasteiger partial charge >= 0.3 is 5.97 Å². The second-order valence-corrected chi connectivity index (χ2v) is 13.0.